The topological polar surface area (TPSA) is 190 Å². The van der Waals surface area contributed by atoms with Crippen LogP contribution in [-0.4, -0.2) is 82.4 Å². The van der Waals surface area contributed by atoms with Crippen molar-refractivity contribution in [2.24, 2.45) is 5.92 Å². The summed E-state index contributed by atoms with van der Waals surface area (Å²) >= 11 is 0. The predicted octanol–water partition coefficient (Wildman–Crippen LogP) is 4.35. The maximum absolute atomic E-state index is 14.5. The summed E-state index contributed by atoms with van der Waals surface area (Å²) in [7, 11) is -3.92. The molecule has 8 rings (SSSR count). The van der Waals surface area contributed by atoms with Gasteiger partial charge in [0.15, 0.2) is 5.82 Å². The molecule has 16 heteroatoms. The number of sulfonamides is 1. The van der Waals surface area contributed by atoms with E-state index in [1.807, 2.05) is 43.3 Å². The normalized spacial score (nSPS) is 25.8. The Bertz CT molecular complexity index is 2380. The number of hydrogen-bond acceptors (Lipinski definition) is 10. The average Bonchev–Trinajstić information content (AvgIpc) is 4.06. The van der Waals surface area contributed by atoms with Gasteiger partial charge >= 0.3 is 0 Å². The lowest BCUT2D eigenvalue weighted by atomic mass is 10.0. The number of hydrogen-bond donors (Lipinski definition) is 3. The zero-order valence-electron chi connectivity index (χ0n) is 31.0. The zero-order chi connectivity index (χ0) is 39.4. The Morgan fingerprint density at radius 1 is 1.05 bits per heavy atom. The van der Waals surface area contributed by atoms with Crippen molar-refractivity contribution in [2.45, 2.75) is 101 Å². The van der Waals surface area contributed by atoms with E-state index >= 15 is 0 Å². The van der Waals surface area contributed by atoms with Crippen molar-refractivity contribution in [3.8, 4) is 17.3 Å². The van der Waals surface area contributed by atoms with Gasteiger partial charge in [-0.25, -0.2) is 17.8 Å². The molecule has 0 bridgehead atoms. The number of fused-ring (bicyclic) bond motifs is 5. The van der Waals surface area contributed by atoms with Crippen molar-refractivity contribution in [1.29, 1.82) is 0 Å². The van der Waals surface area contributed by atoms with E-state index < -0.39 is 74.4 Å². The third-order valence-electron chi connectivity index (χ3n) is 11.1. The first-order chi connectivity index (χ1) is 26.8. The molecule has 2 aliphatic carbocycles. The molecule has 3 N–H and O–H groups in total. The molecule has 2 saturated carbocycles. The summed E-state index contributed by atoms with van der Waals surface area (Å²) in [6.07, 6.45) is 7.23. The second-order valence-corrected chi connectivity index (χ2v) is 17.3. The van der Waals surface area contributed by atoms with Crippen molar-refractivity contribution in [3.05, 3.63) is 66.0 Å². The third kappa shape index (κ3) is 7.45. The molecule has 1 saturated heterocycles. The number of halogens is 1. The molecular formula is C40H43FN6O8S. The van der Waals surface area contributed by atoms with Crippen LogP contribution in [0.5, 0.6) is 5.88 Å². The minimum absolute atomic E-state index is 0.0229. The van der Waals surface area contributed by atoms with Gasteiger partial charge in [0.25, 0.3) is 11.8 Å². The van der Waals surface area contributed by atoms with Crippen LogP contribution in [0, 0.1) is 18.7 Å². The molecule has 4 aromatic rings. The van der Waals surface area contributed by atoms with E-state index in [4.69, 9.17) is 19.1 Å². The quantitative estimate of drug-likeness (QED) is 0.227. The lowest BCUT2D eigenvalue weighted by molar-refractivity contribution is -0.142. The highest BCUT2D eigenvalue weighted by molar-refractivity contribution is 7.91. The molecule has 4 amide bonds. The van der Waals surface area contributed by atoms with E-state index in [0.29, 0.717) is 54.2 Å². The molecule has 2 aromatic heterocycles. The van der Waals surface area contributed by atoms with Crippen LogP contribution in [0.4, 0.5) is 4.39 Å². The molecule has 4 aliphatic rings. The largest absolute Gasteiger partial charge is 0.470 e. The van der Waals surface area contributed by atoms with Crippen LogP contribution >= 0.6 is 0 Å². The average molecular weight is 787 g/mol. The van der Waals surface area contributed by atoms with Gasteiger partial charge < -0.3 is 24.7 Å². The number of ether oxygens (including phenoxy) is 1. The van der Waals surface area contributed by atoms with Crippen molar-refractivity contribution < 1.29 is 41.1 Å². The minimum atomic E-state index is -3.92. The molecule has 14 nitrogen and oxygen atoms in total. The summed E-state index contributed by atoms with van der Waals surface area (Å²) < 4.78 is 55.0. The van der Waals surface area contributed by atoms with Gasteiger partial charge in [0.05, 0.1) is 11.8 Å². The van der Waals surface area contributed by atoms with E-state index in [1.54, 1.807) is 0 Å². The van der Waals surface area contributed by atoms with E-state index in [-0.39, 0.29) is 36.7 Å². The lowest BCUT2D eigenvalue weighted by Gasteiger charge is -2.29. The highest BCUT2D eigenvalue weighted by Crippen LogP contribution is 2.46. The number of allylic oxidation sites excluding steroid dienone is 1. The van der Waals surface area contributed by atoms with Crippen LogP contribution in [0.15, 0.2) is 59.0 Å². The van der Waals surface area contributed by atoms with Gasteiger partial charge in [-0.15, -0.1) is 0 Å². The maximum Gasteiger partial charge on any atom is 0.262 e. The van der Waals surface area contributed by atoms with E-state index in [2.05, 4.69) is 15.4 Å². The van der Waals surface area contributed by atoms with Crippen LogP contribution in [0.2, 0.25) is 0 Å². The Morgan fingerprint density at radius 2 is 1.84 bits per heavy atom. The van der Waals surface area contributed by atoms with E-state index in [1.165, 1.54) is 30.0 Å². The molecule has 294 valence electrons. The Balaban J connectivity index is 1.15. The predicted molar refractivity (Wildman–Crippen MR) is 203 cm³/mol. The summed E-state index contributed by atoms with van der Waals surface area (Å²) in [5.74, 6) is -3.01. The summed E-state index contributed by atoms with van der Waals surface area (Å²) in [6, 6.07) is 9.49. The monoisotopic (exact) mass is 786 g/mol. The summed E-state index contributed by atoms with van der Waals surface area (Å²) in [6.45, 7) is 3.18. The van der Waals surface area contributed by atoms with Gasteiger partial charge in [-0.2, -0.15) is 4.98 Å². The Morgan fingerprint density at radius 3 is 2.59 bits per heavy atom. The molecule has 0 unspecified atom stereocenters. The number of benzene rings is 2. The van der Waals surface area contributed by atoms with Crippen molar-refractivity contribution in [3.63, 3.8) is 0 Å². The van der Waals surface area contributed by atoms with Gasteiger partial charge in [0, 0.05) is 30.2 Å². The molecule has 5 atom stereocenters. The minimum Gasteiger partial charge on any atom is -0.470 e. The fourth-order valence-corrected chi connectivity index (χ4v) is 9.12. The van der Waals surface area contributed by atoms with Crippen LogP contribution in [0.3, 0.4) is 0 Å². The Hall–Kier alpha value is -5.38. The molecule has 0 spiro atoms. The number of aryl methyl sites for hydroxylation is 1. The fraction of sp³-hybridized carbons (Fsp3) is 0.450. The molecule has 4 heterocycles. The third-order valence-corrected chi connectivity index (χ3v) is 12.9. The lowest BCUT2D eigenvalue weighted by Crippen LogP contribution is -2.58. The van der Waals surface area contributed by atoms with Crippen molar-refractivity contribution >= 4 is 55.7 Å². The number of nitrogens with zero attached hydrogens (tertiary/aromatic N) is 3. The highest BCUT2D eigenvalue weighted by atomic mass is 32.2. The smallest absolute Gasteiger partial charge is 0.262 e. The molecule has 0 radical (unpaired) electrons. The second-order valence-electron chi connectivity index (χ2n) is 15.4. The van der Waals surface area contributed by atoms with Gasteiger partial charge in [-0.1, -0.05) is 54.8 Å². The molecule has 2 aliphatic heterocycles. The SMILES string of the molecule is CC(=O)N[C@H]1CCCCCC=C[C@@H]2C[C@@]2(C(=O)NS(=O)(=O)C2CC2)NC(=O)[C@@H]2C[C@@H](Oc3nc(-c4ccc(C)cc4)nc4c3oc3ccc(F)cc34)CN2C1=O. The van der Waals surface area contributed by atoms with Gasteiger partial charge in [0.1, 0.15) is 40.6 Å². The number of carbonyl (C=O) groups excluding carboxylic acids is 4. The van der Waals surface area contributed by atoms with Crippen LogP contribution < -0.4 is 20.1 Å². The second kappa shape index (κ2) is 14.6. The highest BCUT2D eigenvalue weighted by Gasteiger charge is 2.62. The number of rotatable bonds is 7. The number of furan rings is 1. The number of aromatic nitrogens is 2. The fourth-order valence-electron chi connectivity index (χ4n) is 7.75. The Kier molecular flexibility index (Phi) is 9.79. The number of nitrogens with one attached hydrogen (secondary N) is 3. The summed E-state index contributed by atoms with van der Waals surface area (Å²) in [4.78, 5) is 65.6. The molecule has 2 aromatic carbocycles. The van der Waals surface area contributed by atoms with Gasteiger partial charge in [0.2, 0.25) is 33.3 Å². The standard InChI is InChI=1S/C40H43FN6O8S/c1-22-10-12-24(13-11-22)35-43-33-29-18-26(41)14-17-32(29)55-34(33)37(44-35)54-27-19-31-36(49)45-40(39(51)46-56(52,53)28-15-16-28)20-25(40)8-6-4-3-5-7-9-30(42-23(2)48)38(50)47(31)21-27/h6,8,10-14,17-18,25,27-28,30-31H,3-5,7,9,15-16,19-21H2,1-2H3,(H,42,48)(H,45,49)(H,46,51)/t25-,27-,30+,31+,40-/m1/s1. The van der Waals surface area contributed by atoms with Crippen LogP contribution in [0.25, 0.3) is 33.5 Å². The van der Waals surface area contributed by atoms with Crippen molar-refractivity contribution in [2.75, 3.05) is 6.54 Å². The molecular weight excluding hydrogens is 744 g/mol. The maximum atomic E-state index is 14.5. The van der Waals surface area contributed by atoms with Gasteiger partial charge in [-0.05, 0) is 63.6 Å². The van der Waals surface area contributed by atoms with Gasteiger partial charge in [-0.3, -0.25) is 23.9 Å². The van der Waals surface area contributed by atoms with Crippen LogP contribution in [0.1, 0.15) is 70.3 Å². The first kappa shape index (κ1) is 37.5. The van der Waals surface area contributed by atoms with Crippen LogP contribution in [-0.2, 0) is 29.2 Å². The first-order valence-electron chi connectivity index (χ1n) is 19.1. The number of amides is 4. The summed E-state index contributed by atoms with van der Waals surface area (Å²) in [5, 5.41) is 5.38. The number of carbonyl (C=O) groups is 4. The zero-order valence-corrected chi connectivity index (χ0v) is 31.9. The van der Waals surface area contributed by atoms with E-state index in [9.17, 15) is 32.0 Å². The van der Waals surface area contributed by atoms with E-state index in [0.717, 1.165) is 18.4 Å². The first-order valence-corrected chi connectivity index (χ1v) is 20.6. The molecule has 56 heavy (non-hydrogen) atoms. The van der Waals surface area contributed by atoms with Crippen molar-refractivity contribution in [1.82, 2.24) is 30.2 Å². The summed E-state index contributed by atoms with van der Waals surface area (Å²) in [5.41, 5.74) is 0.974. The molecule has 3 fully saturated rings. The Labute approximate surface area is 322 Å².